The van der Waals surface area contributed by atoms with Crippen molar-refractivity contribution in [3.05, 3.63) is 66.2 Å². The third-order valence-electron chi connectivity index (χ3n) is 5.25. The first kappa shape index (κ1) is 22.9. The molecule has 1 unspecified atom stereocenters. The van der Waals surface area contributed by atoms with E-state index in [1.165, 1.54) is 28.8 Å². The van der Waals surface area contributed by atoms with E-state index in [0.717, 1.165) is 5.56 Å². The number of hydrogen-bond donors (Lipinski definition) is 2. The molecule has 3 aromatic rings. The number of rotatable bonds is 8. The van der Waals surface area contributed by atoms with Crippen molar-refractivity contribution in [1.82, 2.24) is 25.6 Å². The number of nitrogens with one attached hydrogen (secondary N) is 2. The Morgan fingerprint density at radius 2 is 1.97 bits per heavy atom. The highest BCUT2D eigenvalue weighted by atomic mass is 19.1. The third kappa shape index (κ3) is 5.55. The van der Waals surface area contributed by atoms with E-state index in [-0.39, 0.29) is 31.4 Å². The second kappa shape index (κ2) is 10.1. The Morgan fingerprint density at radius 1 is 1.18 bits per heavy atom. The molecule has 1 atom stereocenters. The molecule has 1 fully saturated rings. The number of benzene rings is 2. The van der Waals surface area contributed by atoms with Gasteiger partial charge in [0.15, 0.2) is 0 Å². The number of nitrogens with zero attached hydrogens (tertiary/aromatic N) is 4. The Hall–Kier alpha value is -4.28. The molecule has 0 saturated carbocycles. The summed E-state index contributed by atoms with van der Waals surface area (Å²) in [6.45, 7) is 2.20. The van der Waals surface area contributed by atoms with Crippen LogP contribution in [0.2, 0.25) is 0 Å². The van der Waals surface area contributed by atoms with Gasteiger partial charge in [-0.05, 0) is 29.3 Å². The van der Waals surface area contributed by atoms with Crippen LogP contribution in [0.5, 0.6) is 0 Å². The second-order valence-electron chi connectivity index (χ2n) is 7.79. The van der Waals surface area contributed by atoms with Crippen molar-refractivity contribution >= 4 is 23.6 Å². The molecular weight excluding hydrogens is 443 g/mol. The van der Waals surface area contributed by atoms with E-state index >= 15 is 0 Å². The Bertz CT molecular complexity index is 1180. The minimum absolute atomic E-state index is 0.0776. The van der Waals surface area contributed by atoms with Crippen molar-refractivity contribution in [3.63, 3.8) is 0 Å². The highest BCUT2D eigenvalue weighted by Crippen LogP contribution is 2.29. The van der Waals surface area contributed by atoms with Gasteiger partial charge in [-0.3, -0.25) is 14.5 Å². The first-order chi connectivity index (χ1) is 16.4. The quantitative estimate of drug-likeness (QED) is 0.523. The zero-order valence-electron chi connectivity index (χ0n) is 18.4. The molecule has 0 spiro atoms. The van der Waals surface area contributed by atoms with Crippen molar-refractivity contribution in [2.75, 3.05) is 18.0 Å². The number of carbonyl (C=O) groups is 3. The van der Waals surface area contributed by atoms with Gasteiger partial charge in [0.1, 0.15) is 18.5 Å². The predicted molar refractivity (Wildman–Crippen MR) is 120 cm³/mol. The molecule has 0 bridgehead atoms. The van der Waals surface area contributed by atoms with Crippen LogP contribution in [0, 0.1) is 5.82 Å². The number of cyclic esters (lactones) is 1. The molecule has 11 heteroatoms. The largest absolute Gasteiger partial charge is 0.442 e. The summed E-state index contributed by atoms with van der Waals surface area (Å²) in [6, 6.07) is 11.7. The third-order valence-corrected chi connectivity index (χ3v) is 5.25. The molecule has 1 saturated heterocycles. The van der Waals surface area contributed by atoms with Crippen molar-refractivity contribution in [2.45, 2.75) is 26.1 Å². The fourth-order valence-corrected chi connectivity index (χ4v) is 3.53. The molecule has 34 heavy (non-hydrogen) atoms. The van der Waals surface area contributed by atoms with E-state index in [0.29, 0.717) is 23.4 Å². The monoisotopic (exact) mass is 466 g/mol. The van der Waals surface area contributed by atoms with E-state index in [4.69, 9.17) is 4.74 Å². The number of ether oxygens (including phenoxy) is 1. The summed E-state index contributed by atoms with van der Waals surface area (Å²) in [6.07, 6.45) is 2.02. The van der Waals surface area contributed by atoms with Gasteiger partial charge in [0.2, 0.25) is 11.8 Å². The lowest BCUT2D eigenvalue weighted by atomic mass is 10.0. The summed E-state index contributed by atoms with van der Waals surface area (Å²) >= 11 is 0. The normalized spacial score (nSPS) is 15.2. The zero-order chi connectivity index (χ0) is 24.1. The Kier molecular flexibility index (Phi) is 6.81. The Morgan fingerprint density at radius 3 is 2.65 bits per heavy atom. The lowest BCUT2D eigenvalue weighted by Crippen LogP contribution is -2.33. The maximum Gasteiger partial charge on any atom is 0.414 e. The average molecular weight is 466 g/mol. The van der Waals surface area contributed by atoms with E-state index in [1.54, 1.807) is 30.5 Å². The van der Waals surface area contributed by atoms with Gasteiger partial charge in [-0.2, -0.15) is 0 Å². The molecule has 4 rings (SSSR count). The van der Waals surface area contributed by atoms with Gasteiger partial charge in [-0.1, -0.05) is 29.5 Å². The smallest absolute Gasteiger partial charge is 0.414 e. The summed E-state index contributed by atoms with van der Waals surface area (Å²) in [7, 11) is 0. The molecule has 3 amide bonds. The number of amides is 3. The SMILES string of the molecule is CC(=O)NCC1CN(c2ccc(-c3ccc(CNC(=O)Cn4ccnn4)cc3)c(F)c2)C(=O)O1. The Labute approximate surface area is 194 Å². The number of aromatic nitrogens is 3. The van der Waals surface area contributed by atoms with E-state index in [2.05, 4.69) is 20.9 Å². The molecule has 0 aliphatic carbocycles. The second-order valence-corrected chi connectivity index (χ2v) is 7.79. The molecule has 1 aliphatic heterocycles. The van der Waals surface area contributed by atoms with Gasteiger partial charge in [-0.15, -0.1) is 5.10 Å². The lowest BCUT2D eigenvalue weighted by Gasteiger charge is -2.15. The molecular formula is C23H23FN6O4. The molecule has 0 radical (unpaired) electrons. The lowest BCUT2D eigenvalue weighted by molar-refractivity contribution is -0.122. The van der Waals surface area contributed by atoms with Crippen LogP contribution in [0.25, 0.3) is 11.1 Å². The van der Waals surface area contributed by atoms with E-state index in [9.17, 15) is 18.8 Å². The Balaban J connectivity index is 1.36. The first-order valence-electron chi connectivity index (χ1n) is 10.6. The van der Waals surface area contributed by atoms with E-state index < -0.39 is 18.0 Å². The van der Waals surface area contributed by atoms with Crippen LogP contribution in [-0.2, 0) is 27.4 Å². The predicted octanol–water partition coefficient (Wildman–Crippen LogP) is 1.86. The van der Waals surface area contributed by atoms with Crippen LogP contribution in [0.15, 0.2) is 54.9 Å². The van der Waals surface area contributed by atoms with Crippen molar-refractivity contribution < 1.29 is 23.5 Å². The summed E-state index contributed by atoms with van der Waals surface area (Å²) in [5.41, 5.74) is 2.28. The highest BCUT2D eigenvalue weighted by molar-refractivity contribution is 5.90. The van der Waals surface area contributed by atoms with Crippen molar-refractivity contribution in [3.8, 4) is 11.1 Å². The van der Waals surface area contributed by atoms with Gasteiger partial charge < -0.3 is 15.4 Å². The standard InChI is InChI=1S/C23H23FN6O4/c1-15(31)25-12-19-13-30(23(33)34-19)18-6-7-20(21(24)10-18)17-4-2-16(3-5-17)11-26-22(32)14-29-9-8-27-28-29/h2-10,19H,11-14H2,1H3,(H,25,31)(H,26,32). The van der Waals surface area contributed by atoms with Crippen LogP contribution in [0.3, 0.4) is 0 Å². The van der Waals surface area contributed by atoms with Gasteiger partial charge in [0.25, 0.3) is 0 Å². The van der Waals surface area contributed by atoms with Crippen LogP contribution in [0.4, 0.5) is 14.9 Å². The van der Waals surface area contributed by atoms with Gasteiger partial charge in [-0.25, -0.2) is 13.9 Å². The number of halogens is 1. The topological polar surface area (TPSA) is 118 Å². The van der Waals surface area contributed by atoms with Gasteiger partial charge >= 0.3 is 6.09 Å². The van der Waals surface area contributed by atoms with Crippen LogP contribution in [0.1, 0.15) is 12.5 Å². The van der Waals surface area contributed by atoms with Crippen molar-refractivity contribution in [1.29, 1.82) is 0 Å². The molecule has 10 nitrogen and oxygen atoms in total. The minimum atomic E-state index is -0.585. The molecule has 2 N–H and O–H groups in total. The maximum absolute atomic E-state index is 14.9. The molecule has 2 heterocycles. The summed E-state index contributed by atoms with van der Waals surface area (Å²) in [5, 5.41) is 12.8. The number of carbonyl (C=O) groups excluding carboxylic acids is 3. The average Bonchev–Trinajstić information content (AvgIpc) is 3.46. The summed E-state index contributed by atoms with van der Waals surface area (Å²) in [5.74, 6) is -0.898. The molecule has 1 aromatic heterocycles. The van der Waals surface area contributed by atoms with Crippen molar-refractivity contribution in [2.24, 2.45) is 0 Å². The molecule has 2 aromatic carbocycles. The van der Waals surface area contributed by atoms with Crippen LogP contribution in [-0.4, -0.2) is 52.1 Å². The van der Waals surface area contributed by atoms with Crippen LogP contribution < -0.4 is 15.5 Å². The minimum Gasteiger partial charge on any atom is -0.442 e. The summed E-state index contributed by atoms with van der Waals surface area (Å²) in [4.78, 5) is 36.5. The van der Waals surface area contributed by atoms with Gasteiger partial charge in [0.05, 0.1) is 25.0 Å². The van der Waals surface area contributed by atoms with Crippen LogP contribution >= 0.6 is 0 Å². The maximum atomic E-state index is 14.9. The number of anilines is 1. The summed E-state index contributed by atoms with van der Waals surface area (Å²) < 4.78 is 21.6. The fraction of sp³-hybridized carbons (Fsp3) is 0.261. The molecule has 176 valence electrons. The van der Waals surface area contributed by atoms with E-state index in [1.807, 2.05) is 12.1 Å². The van der Waals surface area contributed by atoms with Gasteiger partial charge in [0, 0.05) is 25.2 Å². The highest BCUT2D eigenvalue weighted by Gasteiger charge is 2.32. The first-order valence-corrected chi connectivity index (χ1v) is 10.6. The molecule has 1 aliphatic rings. The zero-order valence-corrected chi connectivity index (χ0v) is 18.4. The number of hydrogen-bond acceptors (Lipinski definition) is 6. The fourth-order valence-electron chi connectivity index (χ4n) is 3.53.